The Morgan fingerprint density at radius 3 is 2.74 bits per heavy atom. The molecule has 0 saturated heterocycles. The lowest BCUT2D eigenvalue weighted by atomic mass is 10.2. The van der Waals surface area contributed by atoms with Gasteiger partial charge < -0.3 is 0 Å². The molecule has 0 amide bonds. The van der Waals surface area contributed by atoms with Crippen molar-refractivity contribution in [3.8, 4) is 0 Å². The Morgan fingerprint density at radius 1 is 1.21 bits per heavy atom. The van der Waals surface area contributed by atoms with Gasteiger partial charge in [0.05, 0.1) is 25.6 Å². The zero-order valence-electron chi connectivity index (χ0n) is 9.97. The second kappa shape index (κ2) is 5.56. The summed E-state index contributed by atoms with van der Waals surface area (Å²) >= 11 is 9.22. The van der Waals surface area contributed by atoms with Crippen LogP contribution in [0.5, 0.6) is 0 Å². The molecule has 0 saturated carbocycles. The summed E-state index contributed by atoms with van der Waals surface area (Å²) in [6.45, 7) is 0. The van der Waals surface area contributed by atoms with Crippen LogP contribution in [0.25, 0.3) is 10.2 Å². The summed E-state index contributed by atoms with van der Waals surface area (Å²) in [5.41, 5.74) is 3.89. The third kappa shape index (κ3) is 2.80. The fraction of sp³-hybridized carbons (Fsp3) is 0.154. The molecule has 2 aromatic heterocycles. The molecular weight excluding hydrogens is 298 g/mol. The third-order valence-electron chi connectivity index (χ3n) is 2.86. The molecule has 1 unspecified atom stereocenters. The van der Waals surface area contributed by atoms with Crippen LogP contribution in [0.1, 0.15) is 15.9 Å². The number of hydrazine groups is 1. The van der Waals surface area contributed by atoms with Crippen molar-refractivity contribution in [2.75, 3.05) is 0 Å². The zero-order chi connectivity index (χ0) is 13.2. The normalized spacial score (nSPS) is 12.9. The molecule has 0 aliphatic heterocycles. The number of nitrogens with two attached hydrogens (primary N) is 1. The lowest BCUT2D eigenvalue weighted by Crippen LogP contribution is -2.28. The van der Waals surface area contributed by atoms with Gasteiger partial charge in [-0.3, -0.25) is 11.3 Å². The molecule has 2 heterocycles. The average molecular weight is 310 g/mol. The number of benzene rings is 1. The second-order valence-electron chi connectivity index (χ2n) is 4.14. The van der Waals surface area contributed by atoms with Crippen molar-refractivity contribution in [1.29, 1.82) is 0 Å². The van der Waals surface area contributed by atoms with Crippen LogP contribution in [0.2, 0.25) is 4.34 Å². The van der Waals surface area contributed by atoms with Crippen LogP contribution in [-0.4, -0.2) is 4.98 Å². The predicted octanol–water partition coefficient (Wildman–Crippen LogP) is 3.76. The number of rotatable bonds is 4. The van der Waals surface area contributed by atoms with Gasteiger partial charge in [-0.15, -0.1) is 22.7 Å². The number of halogens is 1. The molecule has 0 fully saturated rings. The Bertz CT molecular complexity index is 659. The molecule has 19 heavy (non-hydrogen) atoms. The molecule has 1 atom stereocenters. The van der Waals surface area contributed by atoms with Crippen molar-refractivity contribution in [2.24, 2.45) is 5.84 Å². The maximum Gasteiger partial charge on any atom is 0.0958 e. The van der Waals surface area contributed by atoms with E-state index in [1.54, 1.807) is 22.7 Å². The lowest BCUT2D eigenvalue weighted by Gasteiger charge is -2.11. The second-order valence-corrected chi connectivity index (χ2v) is 7.00. The summed E-state index contributed by atoms with van der Waals surface area (Å²) in [7, 11) is 0. The largest absolute Gasteiger partial charge is 0.271 e. The molecular formula is C13H12ClN3S2. The molecule has 6 heteroatoms. The van der Waals surface area contributed by atoms with Gasteiger partial charge in [-0.2, -0.15) is 0 Å². The highest BCUT2D eigenvalue weighted by Gasteiger charge is 2.15. The van der Waals surface area contributed by atoms with Crippen LogP contribution >= 0.6 is 34.3 Å². The van der Waals surface area contributed by atoms with Crippen LogP contribution < -0.4 is 11.3 Å². The molecule has 0 radical (unpaired) electrons. The van der Waals surface area contributed by atoms with E-state index in [1.165, 1.54) is 4.70 Å². The molecule has 0 aliphatic rings. The van der Waals surface area contributed by atoms with E-state index in [1.807, 2.05) is 30.3 Å². The summed E-state index contributed by atoms with van der Waals surface area (Å²) in [4.78, 5) is 5.76. The first kappa shape index (κ1) is 13.0. The van der Waals surface area contributed by atoms with Gasteiger partial charge in [0.15, 0.2) is 0 Å². The highest BCUT2D eigenvalue weighted by Crippen LogP contribution is 2.30. The van der Waals surface area contributed by atoms with E-state index in [2.05, 4.69) is 16.5 Å². The van der Waals surface area contributed by atoms with Gasteiger partial charge in [0, 0.05) is 11.3 Å². The van der Waals surface area contributed by atoms with Crippen molar-refractivity contribution in [1.82, 2.24) is 10.4 Å². The van der Waals surface area contributed by atoms with Crippen molar-refractivity contribution in [2.45, 2.75) is 12.5 Å². The number of hydrogen-bond acceptors (Lipinski definition) is 5. The first-order chi connectivity index (χ1) is 9.26. The summed E-state index contributed by atoms with van der Waals surface area (Å²) in [6, 6.07) is 12.1. The molecule has 0 bridgehead atoms. The predicted molar refractivity (Wildman–Crippen MR) is 82.7 cm³/mol. The number of thiophene rings is 1. The van der Waals surface area contributed by atoms with Crippen molar-refractivity contribution in [3.63, 3.8) is 0 Å². The molecule has 3 rings (SSSR count). The van der Waals surface area contributed by atoms with E-state index in [9.17, 15) is 0 Å². The molecule has 1 aromatic carbocycles. The van der Waals surface area contributed by atoms with Gasteiger partial charge in [-0.05, 0) is 24.3 Å². The fourth-order valence-electron chi connectivity index (χ4n) is 1.94. The van der Waals surface area contributed by atoms with Crippen LogP contribution in [0.3, 0.4) is 0 Å². The summed E-state index contributed by atoms with van der Waals surface area (Å²) in [5, 5.41) is 1.08. The van der Waals surface area contributed by atoms with E-state index in [-0.39, 0.29) is 6.04 Å². The Balaban J connectivity index is 1.86. The Morgan fingerprint density at radius 2 is 2.05 bits per heavy atom. The molecule has 0 spiro atoms. The van der Waals surface area contributed by atoms with Gasteiger partial charge >= 0.3 is 0 Å². The number of hydrogen-bond donors (Lipinski definition) is 2. The highest BCUT2D eigenvalue weighted by atomic mass is 35.5. The van der Waals surface area contributed by atoms with Crippen LogP contribution in [0, 0.1) is 0 Å². The van der Waals surface area contributed by atoms with Gasteiger partial charge in [-0.25, -0.2) is 4.98 Å². The number of para-hydroxylation sites is 1. The Kier molecular flexibility index (Phi) is 3.81. The molecule has 0 aliphatic carbocycles. The van der Waals surface area contributed by atoms with Crippen LogP contribution in [0.4, 0.5) is 0 Å². The van der Waals surface area contributed by atoms with Crippen LogP contribution in [-0.2, 0) is 6.42 Å². The van der Waals surface area contributed by atoms with E-state index in [4.69, 9.17) is 17.4 Å². The van der Waals surface area contributed by atoms with E-state index < -0.39 is 0 Å². The van der Waals surface area contributed by atoms with E-state index >= 15 is 0 Å². The van der Waals surface area contributed by atoms with Crippen molar-refractivity contribution in [3.05, 3.63) is 50.6 Å². The highest BCUT2D eigenvalue weighted by molar-refractivity contribution is 7.18. The maximum atomic E-state index is 5.97. The van der Waals surface area contributed by atoms with E-state index in [0.29, 0.717) is 0 Å². The van der Waals surface area contributed by atoms with Gasteiger partial charge in [0.1, 0.15) is 0 Å². The summed E-state index contributed by atoms with van der Waals surface area (Å²) in [6.07, 6.45) is 0.771. The Hall–Kier alpha value is -0.980. The minimum atomic E-state index is 0.0538. The molecule has 98 valence electrons. The fourth-order valence-corrected chi connectivity index (χ4v) is 4.07. The third-order valence-corrected chi connectivity index (χ3v) is 5.26. The van der Waals surface area contributed by atoms with Gasteiger partial charge in [0.25, 0.3) is 0 Å². The number of thiazole rings is 1. The maximum absolute atomic E-state index is 5.97. The standard InChI is InChI=1S/C13H12ClN3S2/c14-12-6-5-11(18-12)9(17-15)7-13-16-8-3-1-2-4-10(8)19-13/h1-6,9,17H,7,15H2. The topological polar surface area (TPSA) is 50.9 Å². The minimum absolute atomic E-state index is 0.0538. The van der Waals surface area contributed by atoms with Gasteiger partial charge in [0.2, 0.25) is 0 Å². The zero-order valence-corrected chi connectivity index (χ0v) is 12.4. The molecule has 3 N–H and O–H groups in total. The van der Waals surface area contributed by atoms with Crippen molar-refractivity contribution < 1.29 is 0 Å². The smallest absolute Gasteiger partial charge is 0.0958 e. The first-order valence-corrected chi connectivity index (χ1v) is 7.83. The van der Waals surface area contributed by atoms with Crippen LogP contribution in [0.15, 0.2) is 36.4 Å². The molecule has 3 aromatic rings. The van der Waals surface area contributed by atoms with E-state index in [0.717, 1.165) is 26.2 Å². The van der Waals surface area contributed by atoms with Crippen molar-refractivity contribution >= 4 is 44.5 Å². The summed E-state index contributed by atoms with van der Waals surface area (Å²) in [5.74, 6) is 5.65. The number of aromatic nitrogens is 1. The van der Waals surface area contributed by atoms with Gasteiger partial charge in [-0.1, -0.05) is 23.7 Å². The Labute approximate surface area is 124 Å². The average Bonchev–Trinajstić information content (AvgIpc) is 3.01. The first-order valence-electron chi connectivity index (χ1n) is 5.82. The number of fused-ring (bicyclic) bond motifs is 1. The lowest BCUT2D eigenvalue weighted by molar-refractivity contribution is 0.560. The number of nitrogens with one attached hydrogen (secondary N) is 1. The minimum Gasteiger partial charge on any atom is -0.271 e. The summed E-state index contributed by atoms with van der Waals surface area (Å²) < 4.78 is 1.98. The number of nitrogens with zero attached hydrogens (tertiary/aromatic N) is 1. The SMILES string of the molecule is NNC(Cc1nc2ccccc2s1)c1ccc(Cl)s1. The quantitative estimate of drug-likeness (QED) is 0.570. The molecule has 3 nitrogen and oxygen atoms in total. The monoisotopic (exact) mass is 309 g/mol.